The summed E-state index contributed by atoms with van der Waals surface area (Å²) >= 11 is 27.2. The molecule has 8 heteroatoms. The van der Waals surface area contributed by atoms with Gasteiger partial charge in [-0.1, -0.05) is 109 Å². The smallest absolute Gasteiger partial charge is 0.341 e. The third-order valence-electron chi connectivity index (χ3n) is 8.71. The van der Waals surface area contributed by atoms with Gasteiger partial charge in [-0.15, -0.1) is 0 Å². The monoisotopic (exact) mass is 640 g/mol. The number of aromatic nitrogens is 2. The minimum absolute atomic E-state index is 0.0408. The number of benzene rings is 3. The molecule has 2 aromatic heterocycles. The molecule has 3 heterocycles. The van der Waals surface area contributed by atoms with Gasteiger partial charge in [-0.3, -0.25) is 0 Å². The lowest BCUT2D eigenvalue weighted by atomic mass is 9.77. The maximum absolute atomic E-state index is 14.0. The van der Waals surface area contributed by atoms with Gasteiger partial charge in [0.05, 0.1) is 25.7 Å². The van der Waals surface area contributed by atoms with Crippen molar-refractivity contribution in [3.63, 3.8) is 0 Å². The molecule has 4 nitrogen and oxygen atoms in total. The van der Waals surface area contributed by atoms with Gasteiger partial charge in [-0.2, -0.15) is 0 Å². The molecule has 218 valence electrons. The Morgan fingerprint density at radius 2 is 1.12 bits per heavy atom. The summed E-state index contributed by atoms with van der Waals surface area (Å²) in [6.07, 6.45) is 4.10. The van der Waals surface area contributed by atoms with Crippen LogP contribution >= 0.6 is 46.4 Å². The standard InChI is InChI=1S/C34H32Cl4N2O2/c1-5-7-17-39-19(3)26(21-13-9-11-15-23(21)39)34(28-25(33(41)42-34)29(35)31(37)32(38)30(28)36)27-20(4)40(18-8-6-2)24-16-12-10-14-22(24)27/h9-16H,5-8,17-18H2,1-4H3. The van der Waals surface area contributed by atoms with Gasteiger partial charge in [0, 0.05) is 63.0 Å². The molecule has 5 aromatic rings. The van der Waals surface area contributed by atoms with E-state index in [0.717, 1.165) is 83.1 Å². The van der Waals surface area contributed by atoms with E-state index in [0.29, 0.717) is 5.56 Å². The summed E-state index contributed by atoms with van der Waals surface area (Å²) in [5.74, 6) is -0.579. The van der Waals surface area contributed by atoms with Crippen molar-refractivity contribution in [2.45, 2.75) is 72.1 Å². The van der Waals surface area contributed by atoms with Crippen molar-refractivity contribution in [3.05, 3.63) is 102 Å². The van der Waals surface area contributed by atoms with Gasteiger partial charge in [-0.05, 0) is 38.8 Å². The molecule has 1 aliphatic rings. The number of hydrogen-bond donors (Lipinski definition) is 0. The Balaban J connectivity index is 1.85. The number of ether oxygens (including phenoxy) is 1. The molecular weight excluding hydrogens is 610 g/mol. The van der Waals surface area contributed by atoms with Gasteiger partial charge in [0.25, 0.3) is 0 Å². The van der Waals surface area contributed by atoms with E-state index in [1.165, 1.54) is 0 Å². The Morgan fingerprint density at radius 1 is 0.667 bits per heavy atom. The second-order valence-electron chi connectivity index (χ2n) is 11.0. The van der Waals surface area contributed by atoms with Crippen molar-refractivity contribution < 1.29 is 9.53 Å². The summed E-state index contributed by atoms with van der Waals surface area (Å²) in [5.41, 5.74) is 5.01. The van der Waals surface area contributed by atoms with Crippen LogP contribution in [-0.4, -0.2) is 15.1 Å². The van der Waals surface area contributed by atoms with E-state index in [2.05, 4.69) is 61.1 Å². The molecule has 0 saturated heterocycles. The number of unbranched alkanes of at least 4 members (excludes halogenated alkanes) is 2. The van der Waals surface area contributed by atoms with Crippen molar-refractivity contribution in [2.24, 2.45) is 0 Å². The maximum atomic E-state index is 14.0. The SMILES string of the molecule is CCCCn1c(C)c(C2(c3c(C)n(CCCC)c4ccccc34)OC(=O)c3c(Cl)c(Cl)c(Cl)c(Cl)c32)c2ccccc21. The van der Waals surface area contributed by atoms with Crippen LogP contribution in [0.4, 0.5) is 0 Å². The predicted molar refractivity (Wildman–Crippen MR) is 175 cm³/mol. The number of hydrogen-bond acceptors (Lipinski definition) is 2. The summed E-state index contributed by atoms with van der Waals surface area (Å²) in [4.78, 5) is 14.0. The van der Waals surface area contributed by atoms with Crippen LogP contribution in [0.1, 0.15) is 78.0 Å². The van der Waals surface area contributed by atoms with Crippen LogP contribution in [0.5, 0.6) is 0 Å². The Hall–Kier alpha value is -2.63. The molecule has 0 bridgehead atoms. The van der Waals surface area contributed by atoms with Crippen LogP contribution in [0.2, 0.25) is 20.1 Å². The number of aryl methyl sites for hydroxylation is 2. The molecule has 0 radical (unpaired) electrons. The third kappa shape index (κ3) is 4.06. The highest BCUT2D eigenvalue weighted by atomic mass is 35.5. The fourth-order valence-corrected chi connectivity index (χ4v) is 7.89. The minimum atomic E-state index is -1.43. The molecule has 0 aliphatic carbocycles. The van der Waals surface area contributed by atoms with E-state index in [-0.39, 0.29) is 25.7 Å². The number of nitrogens with zero attached hydrogens (tertiary/aromatic N) is 2. The number of halogens is 4. The average molecular weight is 642 g/mol. The highest BCUT2D eigenvalue weighted by Gasteiger charge is 2.56. The molecule has 0 unspecified atom stereocenters. The van der Waals surface area contributed by atoms with Gasteiger partial charge >= 0.3 is 5.97 Å². The second kappa shape index (κ2) is 11.1. The van der Waals surface area contributed by atoms with Crippen LogP contribution in [0.15, 0.2) is 48.5 Å². The highest BCUT2D eigenvalue weighted by molar-refractivity contribution is 6.53. The number of cyclic esters (lactones) is 1. The van der Waals surface area contributed by atoms with E-state index in [4.69, 9.17) is 51.1 Å². The molecule has 6 rings (SSSR count). The third-order valence-corrected chi connectivity index (χ3v) is 10.5. The Morgan fingerprint density at radius 3 is 1.60 bits per heavy atom. The molecule has 0 spiro atoms. The topological polar surface area (TPSA) is 36.2 Å². The molecule has 0 N–H and O–H groups in total. The number of carbonyl (C=O) groups excluding carboxylic acids is 1. The van der Waals surface area contributed by atoms with Crippen molar-refractivity contribution in [1.82, 2.24) is 9.13 Å². The minimum Gasteiger partial charge on any atom is -0.440 e. The zero-order valence-electron chi connectivity index (χ0n) is 24.1. The summed E-state index contributed by atoms with van der Waals surface area (Å²) in [6, 6.07) is 16.5. The fraction of sp³-hybridized carbons (Fsp3) is 0.324. The van der Waals surface area contributed by atoms with Crippen molar-refractivity contribution in [2.75, 3.05) is 0 Å². The first kappa shape index (κ1) is 29.4. The summed E-state index contributed by atoms with van der Waals surface area (Å²) in [6.45, 7) is 10.2. The Kier molecular flexibility index (Phi) is 7.81. The van der Waals surface area contributed by atoms with Crippen molar-refractivity contribution in [1.29, 1.82) is 0 Å². The summed E-state index contributed by atoms with van der Waals surface area (Å²) in [5, 5.41) is 2.32. The molecule has 1 aliphatic heterocycles. The average Bonchev–Trinajstić information content (AvgIpc) is 3.56. The first-order chi connectivity index (χ1) is 20.2. The molecule has 0 amide bonds. The first-order valence-corrected chi connectivity index (χ1v) is 16.0. The van der Waals surface area contributed by atoms with E-state index in [1.54, 1.807) is 0 Å². The molecule has 0 atom stereocenters. The maximum Gasteiger partial charge on any atom is 0.341 e. The summed E-state index contributed by atoms with van der Waals surface area (Å²) < 4.78 is 11.4. The highest BCUT2D eigenvalue weighted by Crippen LogP contribution is 2.59. The van der Waals surface area contributed by atoms with Crippen LogP contribution < -0.4 is 0 Å². The number of para-hydroxylation sites is 2. The first-order valence-electron chi connectivity index (χ1n) is 14.5. The fourth-order valence-electron chi connectivity index (χ4n) is 6.83. The van der Waals surface area contributed by atoms with Crippen molar-refractivity contribution >= 4 is 74.2 Å². The Labute approximate surface area is 266 Å². The predicted octanol–water partition coefficient (Wildman–Crippen LogP) is 10.9. The van der Waals surface area contributed by atoms with Crippen LogP contribution in [0, 0.1) is 13.8 Å². The van der Waals surface area contributed by atoms with Gasteiger partial charge in [0.2, 0.25) is 0 Å². The van der Waals surface area contributed by atoms with E-state index in [1.807, 2.05) is 24.3 Å². The largest absolute Gasteiger partial charge is 0.440 e. The van der Waals surface area contributed by atoms with Gasteiger partial charge in [-0.25, -0.2) is 4.79 Å². The zero-order chi connectivity index (χ0) is 29.9. The molecular formula is C34H32Cl4N2O2. The van der Waals surface area contributed by atoms with Crippen LogP contribution in [-0.2, 0) is 23.4 Å². The molecule has 0 saturated carbocycles. The lowest BCUT2D eigenvalue weighted by Gasteiger charge is -2.32. The summed E-state index contributed by atoms with van der Waals surface area (Å²) in [7, 11) is 0. The number of rotatable bonds is 8. The normalized spacial score (nSPS) is 14.2. The molecule has 3 aromatic carbocycles. The van der Waals surface area contributed by atoms with E-state index < -0.39 is 11.6 Å². The van der Waals surface area contributed by atoms with Crippen LogP contribution in [0.3, 0.4) is 0 Å². The molecule has 0 fully saturated rings. The van der Waals surface area contributed by atoms with E-state index >= 15 is 0 Å². The van der Waals surface area contributed by atoms with Gasteiger partial charge in [0.1, 0.15) is 0 Å². The lowest BCUT2D eigenvalue weighted by molar-refractivity contribution is 0.0256. The quantitative estimate of drug-likeness (QED) is 0.0960. The zero-order valence-corrected chi connectivity index (χ0v) is 27.1. The second-order valence-corrected chi connectivity index (χ2v) is 12.6. The van der Waals surface area contributed by atoms with Gasteiger partial charge < -0.3 is 13.9 Å². The number of carbonyl (C=O) groups is 1. The van der Waals surface area contributed by atoms with Crippen LogP contribution in [0.25, 0.3) is 21.8 Å². The van der Waals surface area contributed by atoms with Crippen molar-refractivity contribution in [3.8, 4) is 0 Å². The number of fused-ring (bicyclic) bond motifs is 3. The number of esters is 1. The Bertz CT molecular complexity index is 1790. The van der Waals surface area contributed by atoms with E-state index in [9.17, 15) is 4.79 Å². The lowest BCUT2D eigenvalue weighted by Crippen LogP contribution is -2.32. The molecule has 42 heavy (non-hydrogen) atoms. The van der Waals surface area contributed by atoms with Gasteiger partial charge in [0.15, 0.2) is 5.60 Å².